The summed E-state index contributed by atoms with van der Waals surface area (Å²) in [6.45, 7) is 0.656. The van der Waals surface area contributed by atoms with Gasteiger partial charge in [-0.3, -0.25) is 0 Å². The number of nitrogens with two attached hydrogens (primary N) is 1. The van der Waals surface area contributed by atoms with E-state index < -0.39 is 0 Å². The van der Waals surface area contributed by atoms with Crippen LogP contribution in [0.4, 0.5) is 0 Å². The molecule has 0 spiro atoms. The third-order valence-corrected chi connectivity index (χ3v) is 2.53. The summed E-state index contributed by atoms with van der Waals surface area (Å²) in [6.07, 6.45) is 3.34. The van der Waals surface area contributed by atoms with Crippen LogP contribution in [0.15, 0.2) is 36.7 Å². The van der Waals surface area contributed by atoms with E-state index in [0.717, 1.165) is 5.56 Å². The molecule has 0 aliphatic carbocycles. The predicted octanol–water partition coefficient (Wildman–Crippen LogP) is 2.17. The Morgan fingerprint density at radius 3 is 2.65 bits per heavy atom. The standard InChI is InChI=1S/C12H12ClN3O/c13-10-4-1-3-9(7-14)12(10)17-8-11-15-5-2-6-16-11/h1-6H,7-8,14H2. The molecular formula is C12H12ClN3O. The van der Waals surface area contributed by atoms with Crippen molar-refractivity contribution in [2.75, 3.05) is 0 Å². The minimum absolute atomic E-state index is 0.275. The molecule has 0 aliphatic heterocycles. The topological polar surface area (TPSA) is 61.0 Å². The fourth-order valence-corrected chi connectivity index (χ4v) is 1.67. The van der Waals surface area contributed by atoms with Crippen LogP contribution in [0, 0.1) is 0 Å². The fourth-order valence-electron chi connectivity index (χ4n) is 1.42. The first-order valence-corrected chi connectivity index (χ1v) is 5.55. The van der Waals surface area contributed by atoms with Crippen LogP contribution in [0.5, 0.6) is 5.75 Å². The van der Waals surface area contributed by atoms with Gasteiger partial charge >= 0.3 is 0 Å². The molecule has 2 rings (SSSR count). The van der Waals surface area contributed by atoms with E-state index in [1.54, 1.807) is 24.5 Å². The van der Waals surface area contributed by atoms with Gasteiger partial charge in [-0.15, -0.1) is 0 Å². The Morgan fingerprint density at radius 2 is 1.94 bits per heavy atom. The van der Waals surface area contributed by atoms with E-state index in [1.165, 1.54) is 0 Å². The molecule has 1 heterocycles. The second-order valence-corrected chi connectivity index (χ2v) is 3.79. The van der Waals surface area contributed by atoms with Crippen LogP contribution < -0.4 is 10.5 Å². The van der Waals surface area contributed by atoms with Crippen LogP contribution in [0.2, 0.25) is 5.02 Å². The quantitative estimate of drug-likeness (QED) is 0.902. The van der Waals surface area contributed by atoms with Gasteiger partial charge in [0.05, 0.1) is 5.02 Å². The van der Waals surface area contributed by atoms with Gasteiger partial charge in [0.2, 0.25) is 0 Å². The van der Waals surface area contributed by atoms with Crippen molar-refractivity contribution in [2.45, 2.75) is 13.2 Å². The Morgan fingerprint density at radius 1 is 1.18 bits per heavy atom. The zero-order valence-electron chi connectivity index (χ0n) is 9.14. The minimum atomic E-state index is 0.275. The summed E-state index contributed by atoms with van der Waals surface area (Å²) < 4.78 is 5.61. The molecule has 88 valence electrons. The van der Waals surface area contributed by atoms with Crippen molar-refractivity contribution in [1.29, 1.82) is 0 Å². The van der Waals surface area contributed by atoms with Crippen molar-refractivity contribution in [3.05, 3.63) is 53.1 Å². The van der Waals surface area contributed by atoms with E-state index >= 15 is 0 Å². The van der Waals surface area contributed by atoms with Gasteiger partial charge in [0.15, 0.2) is 5.82 Å². The monoisotopic (exact) mass is 249 g/mol. The van der Waals surface area contributed by atoms with E-state index in [2.05, 4.69) is 9.97 Å². The van der Waals surface area contributed by atoms with E-state index in [9.17, 15) is 0 Å². The minimum Gasteiger partial charge on any atom is -0.484 e. The van der Waals surface area contributed by atoms with Gasteiger partial charge in [0.25, 0.3) is 0 Å². The Balaban J connectivity index is 2.14. The van der Waals surface area contributed by atoms with Gasteiger partial charge in [-0.25, -0.2) is 9.97 Å². The number of hydrogen-bond acceptors (Lipinski definition) is 4. The van der Waals surface area contributed by atoms with Gasteiger partial charge in [-0.2, -0.15) is 0 Å². The molecule has 2 aromatic rings. The molecule has 0 aliphatic rings. The Kier molecular flexibility index (Phi) is 3.90. The number of aromatic nitrogens is 2. The van der Waals surface area contributed by atoms with Crippen molar-refractivity contribution in [3.8, 4) is 5.75 Å². The molecule has 4 nitrogen and oxygen atoms in total. The molecule has 0 saturated carbocycles. The summed E-state index contributed by atoms with van der Waals surface area (Å²) in [5.74, 6) is 1.21. The Bertz CT molecular complexity index is 490. The van der Waals surface area contributed by atoms with E-state index in [4.69, 9.17) is 22.1 Å². The van der Waals surface area contributed by atoms with Crippen molar-refractivity contribution < 1.29 is 4.74 Å². The molecule has 2 N–H and O–H groups in total. The summed E-state index contributed by atoms with van der Waals surface area (Å²) in [6, 6.07) is 7.25. The highest BCUT2D eigenvalue weighted by atomic mass is 35.5. The number of hydrogen-bond donors (Lipinski definition) is 1. The molecule has 0 atom stereocenters. The van der Waals surface area contributed by atoms with Crippen molar-refractivity contribution in [2.24, 2.45) is 5.73 Å². The number of benzene rings is 1. The third kappa shape index (κ3) is 2.93. The SMILES string of the molecule is NCc1cccc(Cl)c1OCc1ncccn1. The molecule has 1 aromatic heterocycles. The molecule has 1 aromatic carbocycles. The number of para-hydroxylation sites is 1. The zero-order valence-corrected chi connectivity index (χ0v) is 9.89. The van der Waals surface area contributed by atoms with Gasteiger partial charge in [-0.1, -0.05) is 23.7 Å². The average molecular weight is 250 g/mol. The van der Waals surface area contributed by atoms with Crippen LogP contribution >= 0.6 is 11.6 Å². The number of halogens is 1. The summed E-state index contributed by atoms with van der Waals surface area (Å²) in [7, 11) is 0. The lowest BCUT2D eigenvalue weighted by molar-refractivity contribution is 0.293. The van der Waals surface area contributed by atoms with Crippen LogP contribution in [-0.2, 0) is 13.2 Å². The second-order valence-electron chi connectivity index (χ2n) is 3.39. The average Bonchev–Trinajstić information content (AvgIpc) is 2.38. The van der Waals surface area contributed by atoms with Crippen LogP contribution in [0.1, 0.15) is 11.4 Å². The smallest absolute Gasteiger partial charge is 0.166 e. The maximum Gasteiger partial charge on any atom is 0.166 e. The van der Waals surface area contributed by atoms with Crippen molar-refractivity contribution in [1.82, 2.24) is 9.97 Å². The highest BCUT2D eigenvalue weighted by Crippen LogP contribution is 2.28. The largest absolute Gasteiger partial charge is 0.484 e. The molecule has 5 heteroatoms. The molecule has 0 fully saturated rings. The first kappa shape index (κ1) is 11.8. The van der Waals surface area contributed by atoms with Gasteiger partial charge in [0, 0.05) is 24.5 Å². The van der Waals surface area contributed by atoms with Gasteiger partial charge in [-0.05, 0) is 12.1 Å². The van der Waals surface area contributed by atoms with Crippen molar-refractivity contribution in [3.63, 3.8) is 0 Å². The highest BCUT2D eigenvalue weighted by molar-refractivity contribution is 6.32. The fraction of sp³-hybridized carbons (Fsp3) is 0.167. The van der Waals surface area contributed by atoms with Crippen molar-refractivity contribution >= 4 is 11.6 Å². The lowest BCUT2D eigenvalue weighted by atomic mass is 10.2. The lowest BCUT2D eigenvalue weighted by Gasteiger charge is -2.11. The summed E-state index contributed by atoms with van der Waals surface area (Å²) in [4.78, 5) is 8.14. The molecule has 0 saturated heterocycles. The third-order valence-electron chi connectivity index (χ3n) is 2.23. The predicted molar refractivity (Wildman–Crippen MR) is 65.7 cm³/mol. The van der Waals surface area contributed by atoms with Crippen LogP contribution in [0.25, 0.3) is 0 Å². The number of rotatable bonds is 4. The van der Waals surface area contributed by atoms with E-state index in [0.29, 0.717) is 23.1 Å². The first-order valence-electron chi connectivity index (χ1n) is 5.17. The normalized spacial score (nSPS) is 10.2. The maximum atomic E-state index is 6.05. The summed E-state index contributed by atoms with van der Waals surface area (Å²) in [5.41, 5.74) is 6.49. The zero-order chi connectivity index (χ0) is 12.1. The number of nitrogens with zero attached hydrogens (tertiary/aromatic N) is 2. The summed E-state index contributed by atoms with van der Waals surface area (Å²) in [5, 5.41) is 0.545. The molecular weight excluding hydrogens is 238 g/mol. The summed E-state index contributed by atoms with van der Waals surface area (Å²) >= 11 is 6.05. The second kappa shape index (κ2) is 5.61. The Hall–Kier alpha value is -1.65. The Labute approximate surface area is 104 Å². The number of ether oxygens (including phenoxy) is 1. The van der Waals surface area contributed by atoms with Gasteiger partial charge in [0.1, 0.15) is 12.4 Å². The maximum absolute atomic E-state index is 6.05. The van der Waals surface area contributed by atoms with Crippen LogP contribution in [-0.4, -0.2) is 9.97 Å². The van der Waals surface area contributed by atoms with Gasteiger partial charge < -0.3 is 10.5 Å². The first-order chi connectivity index (χ1) is 8.31. The van der Waals surface area contributed by atoms with Crippen LogP contribution in [0.3, 0.4) is 0 Å². The molecule has 0 bridgehead atoms. The lowest BCUT2D eigenvalue weighted by Crippen LogP contribution is -2.05. The highest BCUT2D eigenvalue weighted by Gasteiger charge is 2.07. The molecule has 0 amide bonds. The van der Waals surface area contributed by atoms with E-state index in [-0.39, 0.29) is 6.61 Å². The molecule has 0 radical (unpaired) electrons. The molecule has 17 heavy (non-hydrogen) atoms. The molecule has 0 unspecified atom stereocenters. The van der Waals surface area contributed by atoms with E-state index in [1.807, 2.05) is 12.1 Å².